The first-order valence-electron chi connectivity index (χ1n) is 9.20. The van der Waals surface area contributed by atoms with Gasteiger partial charge in [0.2, 0.25) is 0 Å². The second-order valence-corrected chi connectivity index (χ2v) is 7.74. The fourth-order valence-electron chi connectivity index (χ4n) is 3.63. The average molecular weight is 382 g/mol. The van der Waals surface area contributed by atoms with Gasteiger partial charge in [-0.15, -0.1) is 21.5 Å². The highest BCUT2D eigenvalue weighted by atomic mass is 32.1. The lowest BCUT2D eigenvalue weighted by atomic mass is 9.90. The van der Waals surface area contributed by atoms with E-state index in [9.17, 15) is 5.11 Å². The van der Waals surface area contributed by atoms with E-state index >= 15 is 0 Å². The van der Waals surface area contributed by atoms with Crippen molar-refractivity contribution in [1.29, 1.82) is 0 Å². The minimum Gasteiger partial charge on any atom is -0.496 e. The first-order valence-corrected chi connectivity index (χ1v) is 10.1. The number of hydrogen-bond acceptors (Lipinski definition) is 6. The Morgan fingerprint density at radius 2 is 1.89 bits per heavy atom. The second-order valence-electron chi connectivity index (χ2n) is 6.76. The smallest absolute Gasteiger partial charge is 0.151 e. The lowest BCUT2D eigenvalue weighted by molar-refractivity contribution is 0.0960. The maximum Gasteiger partial charge on any atom is 0.151 e. The van der Waals surface area contributed by atoms with Gasteiger partial charge in [-0.2, -0.15) is 0 Å². The Hall–Kier alpha value is -2.44. The third-order valence-electron chi connectivity index (χ3n) is 5.18. The van der Waals surface area contributed by atoms with Crippen LogP contribution in [-0.4, -0.2) is 35.5 Å². The molecular formula is C21H23N3O2S. The van der Waals surface area contributed by atoms with E-state index in [2.05, 4.69) is 15.1 Å². The van der Waals surface area contributed by atoms with Crippen molar-refractivity contribution in [1.82, 2.24) is 10.2 Å². The third kappa shape index (κ3) is 3.82. The number of rotatable bonds is 5. The van der Waals surface area contributed by atoms with E-state index in [0.717, 1.165) is 53.6 Å². The molecule has 0 saturated carbocycles. The zero-order valence-electron chi connectivity index (χ0n) is 15.3. The Bertz CT molecular complexity index is 859. The van der Waals surface area contributed by atoms with E-state index in [1.54, 1.807) is 18.4 Å². The summed E-state index contributed by atoms with van der Waals surface area (Å²) in [6.07, 6.45) is 1.55. The van der Waals surface area contributed by atoms with Crippen molar-refractivity contribution >= 4 is 17.2 Å². The van der Waals surface area contributed by atoms with E-state index in [1.165, 1.54) is 0 Å². The normalized spacial score (nSPS) is 16.3. The predicted molar refractivity (Wildman–Crippen MR) is 108 cm³/mol. The van der Waals surface area contributed by atoms with E-state index in [1.807, 2.05) is 53.9 Å². The molecule has 1 fully saturated rings. The summed E-state index contributed by atoms with van der Waals surface area (Å²) in [4.78, 5) is 3.31. The lowest BCUT2D eigenvalue weighted by Gasteiger charge is -2.34. The molecule has 1 aliphatic heterocycles. The Balaban J connectivity index is 1.42. The van der Waals surface area contributed by atoms with Crippen LogP contribution in [-0.2, 0) is 0 Å². The highest BCUT2D eigenvalue weighted by Gasteiger charge is 2.27. The molecule has 4 rings (SSSR count). The molecule has 0 amide bonds. The number of anilines is 1. The molecule has 2 aromatic heterocycles. The SMILES string of the molecule is COc1ccccc1-c1ccc(N2CCC(C(O)c3cccs3)CC2)nn1. The van der Waals surface area contributed by atoms with Gasteiger partial charge in [-0.25, -0.2) is 0 Å². The molecule has 1 atom stereocenters. The Morgan fingerprint density at radius 3 is 2.56 bits per heavy atom. The van der Waals surface area contributed by atoms with Crippen molar-refractivity contribution in [2.24, 2.45) is 5.92 Å². The van der Waals surface area contributed by atoms with Gasteiger partial charge in [-0.3, -0.25) is 0 Å². The van der Waals surface area contributed by atoms with Gasteiger partial charge >= 0.3 is 0 Å². The van der Waals surface area contributed by atoms with Crippen LogP contribution < -0.4 is 9.64 Å². The second kappa shape index (κ2) is 8.06. The number of aliphatic hydroxyl groups is 1. The molecule has 6 heteroatoms. The summed E-state index contributed by atoms with van der Waals surface area (Å²) in [5.74, 6) is 1.99. The minimum absolute atomic E-state index is 0.306. The zero-order valence-corrected chi connectivity index (χ0v) is 16.1. The molecular weight excluding hydrogens is 358 g/mol. The summed E-state index contributed by atoms with van der Waals surface area (Å²) in [6.45, 7) is 1.77. The Kier molecular flexibility index (Phi) is 5.36. The van der Waals surface area contributed by atoms with Crippen molar-refractivity contribution in [3.8, 4) is 17.0 Å². The number of para-hydroxylation sites is 1. The number of aromatic nitrogens is 2. The molecule has 0 aliphatic carbocycles. The van der Waals surface area contributed by atoms with Crippen LogP contribution in [0.5, 0.6) is 5.75 Å². The summed E-state index contributed by atoms with van der Waals surface area (Å²) in [6, 6.07) is 15.9. The third-order valence-corrected chi connectivity index (χ3v) is 6.12. The van der Waals surface area contributed by atoms with Crippen LogP contribution in [0.2, 0.25) is 0 Å². The van der Waals surface area contributed by atoms with Gasteiger partial charge in [0.25, 0.3) is 0 Å². The van der Waals surface area contributed by atoms with Gasteiger partial charge in [0.05, 0.1) is 18.9 Å². The number of piperidine rings is 1. The lowest BCUT2D eigenvalue weighted by Crippen LogP contribution is -2.36. The first-order chi connectivity index (χ1) is 13.3. The topological polar surface area (TPSA) is 58.5 Å². The van der Waals surface area contributed by atoms with Crippen LogP contribution in [0.15, 0.2) is 53.9 Å². The van der Waals surface area contributed by atoms with Gasteiger partial charge in [0.15, 0.2) is 5.82 Å². The largest absolute Gasteiger partial charge is 0.496 e. The van der Waals surface area contributed by atoms with Crippen LogP contribution >= 0.6 is 11.3 Å². The molecule has 1 unspecified atom stereocenters. The Labute approximate surface area is 163 Å². The molecule has 1 saturated heterocycles. The van der Waals surface area contributed by atoms with E-state index in [4.69, 9.17) is 4.74 Å². The summed E-state index contributed by atoms with van der Waals surface area (Å²) in [5, 5.41) is 21.4. The van der Waals surface area contributed by atoms with Crippen molar-refractivity contribution in [3.63, 3.8) is 0 Å². The zero-order chi connectivity index (χ0) is 18.6. The average Bonchev–Trinajstić information content (AvgIpc) is 3.28. The quantitative estimate of drug-likeness (QED) is 0.719. The molecule has 0 spiro atoms. The van der Waals surface area contributed by atoms with Crippen molar-refractivity contribution in [3.05, 3.63) is 58.8 Å². The van der Waals surface area contributed by atoms with E-state index in [0.29, 0.717) is 5.92 Å². The molecule has 1 N–H and O–H groups in total. The van der Waals surface area contributed by atoms with Gasteiger partial charge in [0.1, 0.15) is 5.75 Å². The van der Waals surface area contributed by atoms with Gasteiger partial charge in [-0.1, -0.05) is 18.2 Å². The number of aliphatic hydroxyl groups excluding tert-OH is 1. The summed E-state index contributed by atoms with van der Waals surface area (Å²) in [5.41, 5.74) is 1.75. The molecule has 1 aromatic carbocycles. The van der Waals surface area contributed by atoms with Crippen molar-refractivity contribution in [2.75, 3.05) is 25.1 Å². The van der Waals surface area contributed by atoms with Crippen LogP contribution in [0.25, 0.3) is 11.3 Å². The number of methoxy groups -OCH3 is 1. The number of nitrogens with zero attached hydrogens (tertiary/aromatic N) is 3. The fraction of sp³-hybridized carbons (Fsp3) is 0.333. The highest BCUT2D eigenvalue weighted by molar-refractivity contribution is 7.10. The van der Waals surface area contributed by atoms with E-state index in [-0.39, 0.29) is 6.10 Å². The summed E-state index contributed by atoms with van der Waals surface area (Å²) < 4.78 is 5.41. The molecule has 1 aliphatic rings. The summed E-state index contributed by atoms with van der Waals surface area (Å²) >= 11 is 1.63. The number of benzene rings is 1. The Morgan fingerprint density at radius 1 is 1.07 bits per heavy atom. The molecule has 3 heterocycles. The van der Waals surface area contributed by atoms with Crippen LogP contribution in [0.4, 0.5) is 5.82 Å². The van der Waals surface area contributed by atoms with Crippen LogP contribution in [0, 0.1) is 5.92 Å². The molecule has 3 aromatic rings. The molecule has 5 nitrogen and oxygen atoms in total. The first kappa shape index (κ1) is 17.9. The molecule has 0 radical (unpaired) electrons. The van der Waals surface area contributed by atoms with Gasteiger partial charge in [-0.05, 0) is 54.5 Å². The maximum atomic E-state index is 10.6. The van der Waals surface area contributed by atoms with Crippen LogP contribution in [0.1, 0.15) is 23.8 Å². The highest BCUT2D eigenvalue weighted by Crippen LogP contribution is 2.34. The van der Waals surface area contributed by atoms with Gasteiger partial charge in [0, 0.05) is 23.5 Å². The monoisotopic (exact) mass is 381 g/mol. The van der Waals surface area contributed by atoms with E-state index < -0.39 is 0 Å². The number of ether oxygens (including phenoxy) is 1. The van der Waals surface area contributed by atoms with Gasteiger partial charge < -0.3 is 14.7 Å². The number of hydrogen-bond donors (Lipinski definition) is 1. The van der Waals surface area contributed by atoms with Crippen molar-refractivity contribution in [2.45, 2.75) is 18.9 Å². The molecule has 140 valence electrons. The standard InChI is InChI=1S/C21H23N3O2S/c1-26-18-6-3-2-5-16(18)17-8-9-20(23-22-17)24-12-10-15(11-13-24)21(25)19-7-4-14-27-19/h2-9,14-15,21,25H,10-13H2,1H3. The molecule has 27 heavy (non-hydrogen) atoms. The maximum absolute atomic E-state index is 10.6. The van der Waals surface area contributed by atoms with Crippen LogP contribution in [0.3, 0.4) is 0 Å². The summed E-state index contributed by atoms with van der Waals surface area (Å²) in [7, 11) is 1.66. The predicted octanol–water partition coefficient (Wildman–Crippen LogP) is 4.16. The molecule has 0 bridgehead atoms. The minimum atomic E-state index is -0.355. The number of thiophene rings is 1. The van der Waals surface area contributed by atoms with Crippen molar-refractivity contribution < 1.29 is 9.84 Å². The fourth-order valence-corrected chi connectivity index (χ4v) is 4.43.